The van der Waals surface area contributed by atoms with E-state index in [1.807, 2.05) is 24.3 Å². The summed E-state index contributed by atoms with van der Waals surface area (Å²) in [5.41, 5.74) is 2.84. The fraction of sp³-hybridized carbons (Fsp3) is 0.381. The van der Waals surface area contributed by atoms with Crippen LogP contribution in [0.4, 0.5) is 0 Å². The summed E-state index contributed by atoms with van der Waals surface area (Å²) >= 11 is 0. The molecular formula is C21H28NNaO5S. The number of hydrogen-bond acceptors (Lipinski definition) is 4. The molecule has 8 heteroatoms. The van der Waals surface area contributed by atoms with Crippen molar-refractivity contribution in [3.8, 4) is 5.75 Å². The van der Waals surface area contributed by atoms with E-state index in [-0.39, 0.29) is 48.1 Å². The van der Waals surface area contributed by atoms with Gasteiger partial charge in [-0.15, -0.1) is 0 Å². The number of sulfonamides is 1. The third-order valence-corrected chi connectivity index (χ3v) is 5.46. The molecule has 0 heterocycles. The van der Waals surface area contributed by atoms with Gasteiger partial charge in [0.25, 0.3) is 0 Å². The van der Waals surface area contributed by atoms with Gasteiger partial charge in [0.1, 0.15) is 5.75 Å². The second-order valence-corrected chi connectivity index (χ2v) is 9.79. The van der Waals surface area contributed by atoms with Crippen LogP contribution in [0.15, 0.2) is 48.5 Å². The SMILES string of the molecule is CC(C)(C)c1ccc(CN(Cc2cccc(OCC(=O)O)c2)S(C)(=O)=O)cc1.[NaH]. The molecule has 0 aliphatic heterocycles. The Morgan fingerprint density at radius 1 is 1.03 bits per heavy atom. The molecule has 0 saturated heterocycles. The van der Waals surface area contributed by atoms with Gasteiger partial charge in [-0.05, 0) is 34.2 Å². The average Bonchev–Trinajstić information content (AvgIpc) is 2.59. The number of aliphatic carboxylic acids is 1. The Morgan fingerprint density at radius 3 is 2.14 bits per heavy atom. The van der Waals surface area contributed by atoms with E-state index in [0.29, 0.717) is 5.75 Å². The summed E-state index contributed by atoms with van der Waals surface area (Å²) in [4.78, 5) is 10.6. The Bertz CT molecular complexity index is 921. The minimum absolute atomic E-state index is 0. The molecule has 0 bridgehead atoms. The van der Waals surface area contributed by atoms with Crippen LogP contribution < -0.4 is 4.74 Å². The van der Waals surface area contributed by atoms with Crippen molar-refractivity contribution in [2.75, 3.05) is 12.9 Å². The standard InChI is InChI=1S/C21H27NO5S.Na.H/c1-21(2,3)18-10-8-16(9-11-18)13-22(28(4,25)26)14-17-6-5-7-19(12-17)27-15-20(23)24;;/h5-12H,13-15H2,1-4H3,(H,23,24);;. The molecule has 0 spiro atoms. The Hall–Kier alpha value is -1.38. The van der Waals surface area contributed by atoms with Crippen molar-refractivity contribution in [1.29, 1.82) is 0 Å². The zero-order valence-electron chi connectivity index (χ0n) is 16.7. The van der Waals surface area contributed by atoms with E-state index in [1.165, 1.54) is 16.1 Å². The van der Waals surface area contributed by atoms with Crippen LogP contribution >= 0.6 is 0 Å². The fourth-order valence-electron chi connectivity index (χ4n) is 2.69. The van der Waals surface area contributed by atoms with Gasteiger partial charge in [0.05, 0.1) is 6.26 Å². The van der Waals surface area contributed by atoms with Gasteiger partial charge in [0, 0.05) is 13.1 Å². The zero-order chi connectivity index (χ0) is 20.9. The van der Waals surface area contributed by atoms with Crippen LogP contribution in [0, 0.1) is 0 Å². The van der Waals surface area contributed by atoms with Gasteiger partial charge in [0.15, 0.2) is 6.61 Å². The summed E-state index contributed by atoms with van der Waals surface area (Å²) in [6, 6.07) is 14.7. The Morgan fingerprint density at radius 2 is 1.62 bits per heavy atom. The van der Waals surface area contributed by atoms with Crippen molar-refractivity contribution in [3.05, 3.63) is 65.2 Å². The van der Waals surface area contributed by atoms with Crippen LogP contribution in [-0.4, -0.2) is 66.2 Å². The Balaban J connectivity index is 0.00000420. The van der Waals surface area contributed by atoms with Crippen LogP contribution in [0.25, 0.3) is 0 Å². The zero-order valence-corrected chi connectivity index (χ0v) is 17.5. The first-order valence-electron chi connectivity index (χ1n) is 8.93. The number of rotatable bonds is 8. The van der Waals surface area contributed by atoms with E-state index in [4.69, 9.17) is 9.84 Å². The van der Waals surface area contributed by atoms with Crippen LogP contribution in [0.3, 0.4) is 0 Å². The molecule has 0 aliphatic rings. The van der Waals surface area contributed by atoms with Gasteiger partial charge in [-0.1, -0.05) is 57.2 Å². The summed E-state index contributed by atoms with van der Waals surface area (Å²) in [5.74, 6) is -0.676. The van der Waals surface area contributed by atoms with Crippen molar-refractivity contribution in [2.45, 2.75) is 39.3 Å². The number of carboxylic acids is 1. The van der Waals surface area contributed by atoms with E-state index >= 15 is 0 Å². The summed E-state index contributed by atoms with van der Waals surface area (Å²) in [6.07, 6.45) is 1.18. The summed E-state index contributed by atoms with van der Waals surface area (Å²) in [5, 5.41) is 8.72. The summed E-state index contributed by atoms with van der Waals surface area (Å²) in [7, 11) is -3.44. The van der Waals surface area contributed by atoms with Crippen LogP contribution in [0.2, 0.25) is 0 Å². The number of ether oxygens (including phenoxy) is 1. The van der Waals surface area contributed by atoms with Crippen LogP contribution in [0.5, 0.6) is 5.75 Å². The van der Waals surface area contributed by atoms with Gasteiger partial charge in [-0.25, -0.2) is 13.2 Å². The van der Waals surface area contributed by atoms with Crippen molar-refractivity contribution >= 4 is 45.5 Å². The van der Waals surface area contributed by atoms with Crippen LogP contribution in [0.1, 0.15) is 37.5 Å². The molecule has 2 aromatic rings. The molecule has 154 valence electrons. The molecule has 2 rings (SSSR count). The number of carbonyl (C=O) groups is 1. The van der Waals surface area contributed by atoms with Crippen molar-refractivity contribution in [3.63, 3.8) is 0 Å². The molecule has 2 aromatic carbocycles. The second-order valence-electron chi connectivity index (χ2n) is 7.81. The van der Waals surface area contributed by atoms with E-state index in [2.05, 4.69) is 20.8 Å². The van der Waals surface area contributed by atoms with Crippen molar-refractivity contribution in [1.82, 2.24) is 4.31 Å². The quantitative estimate of drug-likeness (QED) is 0.653. The molecule has 0 fully saturated rings. The topological polar surface area (TPSA) is 83.9 Å². The van der Waals surface area contributed by atoms with E-state index in [1.54, 1.807) is 24.3 Å². The molecule has 0 saturated carbocycles. The molecule has 0 unspecified atom stereocenters. The summed E-state index contributed by atoms with van der Waals surface area (Å²) < 4.78 is 31.1. The first-order chi connectivity index (χ1) is 12.9. The predicted molar refractivity (Wildman–Crippen MR) is 116 cm³/mol. The second kappa shape index (κ2) is 10.6. The van der Waals surface area contributed by atoms with E-state index < -0.39 is 22.6 Å². The number of nitrogens with zero attached hydrogens (tertiary/aromatic N) is 1. The fourth-order valence-corrected chi connectivity index (χ4v) is 3.45. The molecular weight excluding hydrogens is 401 g/mol. The van der Waals surface area contributed by atoms with Gasteiger partial charge in [-0.3, -0.25) is 0 Å². The molecule has 0 radical (unpaired) electrons. The van der Waals surface area contributed by atoms with Crippen molar-refractivity contribution < 1.29 is 23.1 Å². The molecule has 0 aromatic heterocycles. The predicted octanol–water partition coefficient (Wildman–Crippen LogP) is 2.76. The van der Waals surface area contributed by atoms with Gasteiger partial charge in [-0.2, -0.15) is 4.31 Å². The third-order valence-electron chi connectivity index (χ3n) is 4.27. The molecule has 29 heavy (non-hydrogen) atoms. The van der Waals surface area contributed by atoms with Gasteiger partial charge >= 0.3 is 35.5 Å². The number of benzene rings is 2. The van der Waals surface area contributed by atoms with E-state index in [0.717, 1.165) is 11.1 Å². The first kappa shape index (κ1) is 25.7. The molecule has 0 atom stereocenters. The number of carboxylic acid groups (broad SMARTS) is 1. The maximum absolute atomic E-state index is 12.3. The Labute approximate surface area is 195 Å². The summed E-state index contributed by atoms with van der Waals surface area (Å²) in [6.45, 7) is 6.37. The average molecular weight is 430 g/mol. The van der Waals surface area contributed by atoms with E-state index in [9.17, 15) is 13.2 Å². The monoisotopic (exact) mass is 429 g/mol. The minimum atomic E-state index is -3.44. The Kier molecular flexibility index (Phi) is 9.37. The van der Waals surface area contributed by atoms with Crippen molar-refractivity contribution in [2.24, 2.45) is 0 Å². The van der Waals surface area contributed by atoms with Gasteiger partial charge in [0.2, 0.25) is 10.0 Å². The molecule has 0 aliphatic carbocycles. The maximum atomic E-state index is 12.3. The first-order valence-corrected chi connectivity index (χ1v) is 10.8. The normalized spacial score (nSPS) is 11.8. The van der Waals surface area contributed by atoms with Gasteiger partial charge < -0.3 is 9.84 Å². The molecule has 6 nitrogen and oxygen atoms in total. The number of hydrogen-bond donors (Lipinski definition) is 1. The molecule has 0 amide bonds. The molecule has 1 N–H and O–H groups in total. The van der Waals surface area contributed by atoms with Crippen LogP contribution in [-0.2, 0) is 33.3 Å². The third kappa shape index (κ3) is 8.48.